The summed E-state index contributed by atoms with van der Waals surface area (Å²) >= 11 is 2.37. The van der Waals surface area contributed by atoms with Gasteiger partial charge in [0.2, 0.25) is 5.91 Å². The highest BCUT2D eigenvalue weighted by Crippen LogP contribution is 2.31. The summed E-state index contributed by atoms with van der Waals surface area (Å²) in [7, 11) is 0. The van der Waals surface area contributed by atoms with Crippen LogP contribution < -0.4 is 0 Å². The molecule has 0 bridgehead atoms. The van der Waals surface area contributed by atoms with Gasteiger partial charge >= 0.3 is 0 Å². The van der Waals surface area contributed by atoms with Crippen molar-refractivity contribution in [3.63, 3.8) is 0 Å². The van der Waals surface area contributed by atoms with E-state index in [1.807, 2.05) is 0 Å². The number of likely N-dealkylation sites (tertiary alicyclic amines) is 1. The van der Waals surface area contributed by atoms with Crippen LogP contribution in [-0.2, 0) is 4.79 Å². The Morgan fingerprint density at radius 1 is 1.46 bits per heavy atom. The zero-order chi connectivity index (χ0) is 9.42. The summed E-state index contributed by atoms with van der Waals surface area (Å²) in [6.45, 7) is 4.89. The number of carbonyl (C=O) groups excluding carboxylic acids is 1. The molecular weight excluding hydrogens is 279 g/mol. The summed E-state index contributed by atoms with van der Waals surface area (Å²) < 4.78 is 2.31. The molecule has 2 rings (SSSR count). The number of fused-ring (bicyclic) bond motifs is 1. The van der Waals surface area contributed by atoms with Gasteiger partial charge in [-0.2, -0.15) is 0 Å². The topological polar surface area (TPSA) is 23.6 Å². The van der Waals surface area contributed by atoms with Gasteiger partial charge in [0.15, 0.2) is 0 Å². The molecule has 74 valence electrons. The van der Waals surface area contributed by atoms with Gasteiger partial charge in [-0.1, -0.05) is 0 Å². The van der Waals surface area contributed by atoms with E-state index < -0.39 is 0 Å². The number of piperidine rings is 1. The van der Waals surface area contributed by atoms with Gasteiger partial charge in [-0.3, -0.25) is 4.79 Å². The van der Waals surface area contributed by atoms with Gasteiger partial charge < -0.3 is 4.90 Å². The van der Waals surface area contributed by atoms with E-state index in [9.17, 15) is 4.79 Å². The quantitative estimate of drug-likeness (QED) is 0.496. The fraction of sp³-hybridized carbons (Fsp3) is 0.889. The van der Waals surface area contributed by atoms with Gasteiger partial charge in [0.25, 0.3) is 0 Å². The largest absolute Gasteiger partial charge is 0.338 e. The minimum Gasteiger partial charge on any atom is -0.338 e. The molecule has 0 aromatic heterocycles. The summed E-state index contributed by atoms with van der Waals surface area (Å²) in [5, 5.41) is 0. The van der Waals surface area contributed by atoms with Crippen molar-refractivity contribution in [2.24, 2.45) is 5.92 Å². The van der Waals surface area contributed by atoms with Gasteiger partial charge in [-0.15, -0.1) is 0 Å². The molecular formula is C9H15IN2O. The van der Waals surface area contributed by atoms with E-state index in [1.165, 1.54) is 12.8 Å². The maximum absolute atomic E-state index is 11.4. The highest BCUT2D eigenvalue weighted by molar-refractivity contribution is 14.1. The minimum atomic E-state index is 0.251. The third-order valence-electron chi connectivity index (χ3n) is 3.14. The van der Waals surface area contributed by atoms with Crippen LogP contribution in [0.4, 0.5) is 0 Å². The molecule has 0 spiro atoms. The molecule has 2 aliphatic heterocycles. The Bertz CT molecular complexity index is 222. The first-order valence-corrected chi connectivity index (χ1v) is 5.83. The second-order valence-corrected chi connectivity index (χ2v) is 5.37. The first-order chi connectivity index (χ1) is 6.18. The average Bonchev–Trinajstić information content (AvgIpc) is 2.43. The molecule has 0 aromatic rings. The van der Waals surface area contributed by atoms with Crippen molar-refractivity contribution in [2.45, 2.75) is 25.8 Å². The number of halogens is 1. The Hall–Kier alpha value is 0.160. The predicted molar refractivity (Wildman–Crippen MR) is 59.5 cm³/mol. The molecule has 2 atom stereocenters. The third-order valence-corrected chi connectivity index (χ3v) is 3.93. The van der Waals surface area contributed by atoms with Crippen molar-refractivity contribution in [2.75, 3.05) is 19.6 Å². The van der Waals surface area contributed by atoms with Gasteiger partial charge in [0.05, 0.1) is 0 Å². The fourth-order valence-electron chi connectivity index (χ4n) is 2.52. The maximum atomic E-state index is 11.4. The summed E-state index contributed by atoms with van der Waals surface area (Å²) in [6.07, 6.45) is 2.49. The maximum Gasteiger partial charge on any atom is 0.219 e. The Balaban J connectivity index is 2.09. The molecule has 0 radical (unpaired) electrons. The number of hydrogen-bond donors (Lipinski definition) is 0. The lowest BCUT2D eigenvalue weighted by Crippen LogP contribution is -2.47. The van der Waals surface area contributed by atoms with E-state index >= 15 is 0 Å². The van der Waals surface area contributed by atoms with Crippen LogP contribution in [0.5, 0.6) is 0 Å². The Kier molecular flexibility index (Phi) is 2.78. The number of nitrogens with zero attached hydrogens (tertiary/aromatic N) is 2. The summed E-state index contributed by atoms with van der Waals surface area (Å²) in [5.74, 6) is 0.982. The van der Waals surface area contributed by atoms with Gasteiger partial charge in [-0.05, 0) is 18.8 Å². The summed E-state index contributed by atoms with van der Waals surface area (Å²) in [5.41, 5.74) is 0. The monoisotopic (exact) mass is 294 g/mol. The average molecular weight is 294 g/mol. The molecule has 2 fully saturated rings. The molecule has 2 heterocycles. The van der Waals surface area contributed by atoms with E-state index in [1.54, 1.807) is 6.92 Å². The zero-order valence-corrected chi connectivity index (χ0v) is 10.0. The number of rotatable bonds is 0. The van der Waals surface area contributed by atoms with Crippen LogP contribution in [0.25, 0.3) is 0 Å². The minimum absolute atomic E-state index is 0.251. The van der Waals surface area contributed by atoms with Crippen LogP contribution in [0.1, 0.15) is 19.8 Å². The van der Waals surface area contributed by atoms with E-state index in [2.05, 4.69) is 30.9 Å². The molecule has 2 saturated heterocycles. The lowest BCUT2D eigenvalue weighted by atomic mass is 9.92. The van der Waals surface area contributed by atoms with E-state index in [-0.39, 0.29) is 5.91 Å². The highest BCUT2D eigenvalue weighted by Gasteiger charge is 2.39. The predicted octanol–water partition coefficient (Wildman–Crippen LogP) is 1.28. The van der Waals surface area contributed by atoms with Crippen LogP contribution in [0.15, 0.2) is 0 Å². The zero-order valence-electron chi connectivity index (χ0n) is 7.87. The van der Waals surface area contributed by atoms with Crippen LogP contribution in [0, 0.1) is 5.92 Å². The van der Waals surface area contributed by atoms with Crippen molar-refractivity contribution >= 4 is 28.8 Å². The lowest BCUT2D eigenvalue weighted by Gasteiger charge is -2.36. The van der Waals surface area contributed by atoms with Crippen LogP contribution in [-0.4, -0.2) is 39.6 Å². The van der Waals surface area contributed by atoms with Crippen LogP contribution in [0.3, 0.4) is 0 Å². The molecule has 13 heavy (non-hydrogen) atoms. The van der Waals surface area contributed by atoms with Crippen molar-refractivity contribution in [1.29, 1.82) is 0 Å². The number of carbonyl (C=O) groups is 1. The standard InChI is InChI=1S/C9H15IN2O/c1-7(13)12-4-2-3-8-5-11(10)6-9(8)12/h8-9H,2-6H2,1H3/t8-,9+/m1/s1. The molecule has 3 nitrogen and oxygen atoms in total. The highest BCUT2D eigenvalue weighted by atomic mass is 127. The van der Waals surface area contributed by atoms with E-state index in [0.29, 0.717) is 6.04 Å². The molecule has 0 unspecified atom stereocenters. The molecule has 2 aliphatic rings. The first kappa shape index (κ1) is 9.71. The van der Waals surface area contributed by atoms with Crippen molar-refractivity contribution < 1.29 is 4.79 Å². The second kappa shape index (κ2) is 3.73. The van der Waals surface area contributed by atoms with Crippen molar-refractivity contribution in [1.82, 2.24) is 8.01 Å². The van der Waals surface area contributed by atoms with Crippen LogP contribution in [0.2, 0.25) is 0 Å². The van der Waals surface area contributed by atoms with Gasteiger partial charge in [0, 0.05) is 55.5 Å². The Labute approximate surface area is 92.9 Å². The third kappa shape index (κ3) is 1.83. The molecule has 4 heteroatoms. The summed E-state index contributed by atoms with van der Waals surface area (Å²) in [4.78, 5) is 13.4. The smallest absolute Gasteiger partial charge is 0.219 e. The van der Waals surface area contributed by atoms with E-state index in [0.717, 1.165) is 25.6 Å². The second-order valence-electron chi connectivity index (χ2n) is 4.01. The first-order valence-electron chi connectivity index (χ1n) is 4.86. The van der Waals surface area contributed by atoms with Gasteiger partial charge in [0.1, 0.15) is 0 Å². The van der Waals surface area contributed by atoms with E-state index in [4.69, 9.17) is 0 Å². The van der Waals surface area contributed by atoms with Gasteiger partial charge in [-0.25, -0.2) is 3.11 Å². The Morgan fingerprint density at radius 3 is 2.92 bits per heavy atom. The van der Waals surface area contributed by atoms with Crippen molar-refractivity contribution in [3.8, 4) is 0 Å². The molecule has 0 N–H and O–H groups in total. The summed E-state index contributed by atoms with van der Waals surface area (Å²) in [6, 6.07) is 0.503. The number of amides is 1. The number of hydrogen-bond acceptors (Lipinski definition) is 2. The molecule has 0 aromatic carbocycles. The lowest BCUT2D eigenvalue weighted by molar-refractivity contribution is -0.133. The normalized spacial score (nSPS) is 34.8. The SMILES string of the molecule is CC(=O)N1CCC[C@@H]2CN(I)C[C@@H]21. The Morgan fingerprint density at radius 2 is 2.23 bits per heavy atom. The molecule has 0 aliphatic carbocycles. The molecule has 1 amide bonds. The van der Waals surface area contributed by atoms with Crippen LogP contribution >= 0.6 is 22.9 Å². The fourth-order valence-corrected chi connectivity index (χ4v) is 3.43. The molecule has 0 saturated carbocycles. The van der Waals surface area contributed by atoms with Crippen molar-refractivity contribution in [3.05, 3.63) is 0 Å².